The molecule has 0 bridgehead atoms. The van der Waals surface area contributed by atoms with Crippen LogP contribution < -0.4 is 14.8 Å². The average Bonchev–Trinajstić information content (AvgIpc) is 3.34. The fourth-order valence-electron chi connectivity index (χ4n) is 5.00. The summed E-state index contributed by atoms with van der Waals surface area (Å²) in [5.41, 5.74) is 7.22. The van der Waals surface area contributed by atoms with E-state index in [9.17, 15) is 0 Å². The van der Waals surface area contributed by atoms with Gasteiger partial charge in [0.25, 0.3) is 0 Å². The molecule has 0 radical (unpaired) electrons. The van der Waals surface area contributed by atoms with E-state index in [0.29, 0.717) is 24.5 Å². The number of nitrogens with zero attached hydrogens (tertiary/aromatic N) is 1. The van der Waals surface area contributed by atoms with Crippen LogP contribution >= 0.6 is 0 Å². The van der Waals surface area contributed by atoms with Crippen LogP contribution in [0.3, 0.4) is 0 Å². The Bertz CT molecular complexity index is 1200. The van der Waals surface area contributed by atoms with Crippen LogP contribution in [0.1, 0.15) is 47.6 Å². The zero-order valence-corrected chi connectivity index (χ0v) is 19.4. The van der Waals surface area contributed by atoms with Crippen molar-refractivity contribution < 1.29 is 9.47 Å². The second kappa shape index (κ2) is 9.14. The first-order valence-electron chi connectivity index (χ1n) is 11.6. The molecule has 2 aliphatic rings. The first kappa shape index (κ1) is 21.3. The van der Waals surface area contributed by atoms with Crippen LogP contribution in [0.15, 0.2) is 77.8 Å². The lowest BCUT2D eigenvalue weighted by atomic mass is 9.76. The molecule has 4 heteroatoms. The average molecular weight is 439 g/mol. The molecule has 0 saturated carbocycles. The summed E-state index contributed by atoms with van der Waals surface area (Å²) >= 11 is 0. The molecular formula is C29H30N2O2. The van der Waals surface area contributed by atoms with Gasteiger partial charge in [0.15, 0.2) is 11.5 Å². The van der Waals surface area contributed by atoms with Crippen molar-refractivity contribution in [2.24, 2.45) is 10.9 Å². The number of aliphatic imine (C=N–C) groups is 1. The number of allylic oxidation sites excluding steroid dienone is 2. The van der Waals surface area contributed by atoms with Gasteiger partial charge in [0.1, 0.15) is 0 Å². The second-order valence-electron chi connectivity index (χ2n) is 8.76. The Morgan fingerprint density at radius 3 is 2.67 bits per heavy atom. The molecule has 0 unspecified atom stereocenters. The van der Waals surface area contributed by atoms with Gasteiger partial charge in [-0.05, 0) is 79.3 Å². The van der Waals surface area contributed by atoms with Gasteiger partial charge in [-0.15, -0.1) is 0 Å². The molecule has 0 spiro atoms. The summed E-state index contributed by atoms with van der Waals surface area (Å²) in [5.74, 6) is 2.50. The monoisotopic (exact) mass is 438 g/mol. The molecule has 1 aliphatic carbocycles. The van der Waals surface area contributed by atoms with Crippen LogP contribution in [0.25, 0.3) is 0 Å². The van der Waals surface area contributed by atoms with Crippen molar-refractivity contribution in [2.45, 2.75) is 32.2 Å². The molecule has 1 aliphatic heterocycles. The largest absolute Gasteiger partial charge is 0.493 e. The summed E-state index contributed by atoms with van der Waals surface area (Å²) < 4.78 is 11.0. The van der Waals surface area contributed by atoms with E-state index in [4.69, 9.17) is 9.47 Å². The van der Waals surface area contributed by atoms with Gasteiger partial charge in [0.2, 0.25) is 0 Å². The molecule has 168 valence electrons. The lowest BCUT2D eigenvalue weighted by Gasteiger charge is -2.37. The summed E-state index contributed by atoms with van der Waals surface area (Å²) in [6.45, 7) is 4.73. The highest BCUT2D eigenvalue weighted by Gasteiger charge is 2.37. The molecular weight excluding hydrogens is 408 g/mol. The SMILES string of the molecule is CCOc1cc(C=Nc2ccc([C@@H]3Nc4ccc(C)cc4[C@@H]4C=CC[C@@H]43)cc2)ccc1OC. The van der Waals surface area contributed by atoms with Gasteiger partial charge >= 0.3 is 0 Å². The smallest absolute Gasteiger partial charge is 0.161 e. The first-order chi connectivity index (χ1) is 16.2. The minimum atomic E-state index is 0.300. The second-order valence-corrected chi connectivity index (χ2v) is 8.76. The van der Waals surface area contributed by atoms with Crippen LogP contribution in [0, 0.1) is 12.8 Å². The maximum absolute atomic E-state index is 5.67. The number of anilines is 1. The topological polar surface area (TPSA) is 42.8 Å². The van der Waals surface area contributed by atoms with E-state index in [1.54, 1.807) is 7.11 Å². The van der Waals surface area contributed by atoms with E-state index >= 15 is 0 Å². The van der Waals surface area contributed by atoms with Gasteiger partial charge in [0.05, 0.1) is 25.4 Å². The molecule has 1 N–H and O–H groups in total. The number of ether oxygens (including phenoxy) is 2. The Morgan fingerprint density at radius 2 is 1.88 bits per heavy atom. The molecule has 4 nitrogen and oxygen atoms in total. The Kier molecular flexibility index (Phi) is 5.91. The first-order valence-corrected chi connectivity index (χ1v) is 11.6. The van der Waals surface area contributed by atoms with Gasteiger partial charge in [0, 0.05) is 17.8 Å². The Labute approximate surface area is 196 Å². The zero-order chi connectivity index (χ0) is 22.8. The van der Waals surface area contributed by atoms with Gasteiger partial charge in [-0.1, -0.05) is 42.0 Å². The minimum absolute atomic E-state index is 0.300. The molecule has 1 heterocycles. The van der Waals surface area contributed by atoms with Crippen molar-refractivity contribution in [1.82, 2.24) is 0 Å². The molecule has 0 amide bonds. The van der Waals surface area contributed by atoms with Crippen LogP contribution in [0.2, 0.25) is 0 Å². The van der Waals surface area contributed by atoms with Gasteiger partial charge < -0.3 is 14.8 Å². The Morgan fingerprint density at radius 1 is 1.03 bits per heavy atom. The maximum Gasteiger partial charge on any atom is 0.161 e. The van der Waals surface area contributed by atoms with Crippen molar-refractivity contribution in [2.75, 3.05) is 19.0 Å². The van der Waals surface area contributed by atoms with E-state index in [0.717, 1.165) is 29.2 Å². The van der Waals surface area contributed by atoms with E-state index < -0.39 is 0 Å². The Balaban J connectivity index is 1.35. The quantitative estimate of drug-likeness (QED) is 0.333. The van der Waals surface area contributed by atoms with Crippen molar-refractivity contribution in [3.05, 3.63) is 95.1 Å². The molecule has 0 saturated heterocycles. The van der Waals surface area contributed by atoms with E-state index in [1.807, 2.05) is 31.3 Å². The number of aryl methyl sites for hydroxylation is 1. The lowest BCUT2D eigenvalue weighted by Crippen LogP contribution is -2.29. The summed E-state index contributed by atoms with van der Waals surface area (Å²) in [7, 11) is 1.65. The number of hydrogen-bond acceptors (Lipinski definition) is 4. The van der Waals surface area contributed by atoms with Crippen molar-refractivity contribution >= 4 is 17.6 Å². The molecule has 0 aromatic heterocycles. The molecule has 0 fully saturated rings. The van der Waals surface area contributed by atoms with Crippen LogP contribution in [0.5, 0.6) is 11.5 Å². The summed E-state index contributed by atoms with van der Waals surface area (Å²) in [6, 6.07) is 21.5. The maximum atomic E-state index is 5.67. The molecule has 3 aromatic rings. The minimum Gasteiger partial charge on any atom is -0.493 e. The standard InChI is InChI=1S/C29H30N2O2/c1-4-33-28-17-20(9-15-27(28)32-3)18-30-22-12-10-21(11-13-22)29-24-7-5-6-23(24)25-16-19(2)8-14-26(25)31-29/h5-6,8-18,23-24,29,31H,4,7H2,1-3H3/t23-,24+,29+/m1/s1. The number of methoxy groups -OCH3 is 1. The third-order valence-electron chi connectivity index (χ3n) is 6.62. The van der Waals surface area contributed by atoms with Crippen molar-refractivity contribution in [1.29, 1.82) is 0 Å². The van der Waals surface area contributed by atoms with Crippen LogP contribution in [-0.2, 0) is 0 Å². The van der Waals surface area contributed by atoms with E-state index in [1.165, 1.54) is 22.4 Å². The van der Waals surface area contributed by atoms with Gasteiger partial charge in [-0.3, -0.25) is 4.99 Å². The molecule has 5 rings (SSSR count). The van der Waals surface area contributed by atoms with Gasteiger partial charge in [-0.25, -0.2) is 0 Å². The number of nitrogens with one attached hydrogen (secondary N) is 1. The van der Waals surface area contributed by atoms with E-state index in [-0.39, 0.29) is 0 Å². The van der Waals surface area contributed by atoms with Crippen LogP contribution in [0.4, 0.5) is 11.4 Å². The number of rotatable bonds is 6. The Hall–Kier alpha value is -3.53. The summed E-state index contributed by atoms with van der Waals surface area (Å²) in [5, 5.41) is 3.81. The number of fused-ring (bicyclic) bond motifs is 3. The highest BCUT2D eigenvalue weighted by atomic mass is 16.5. The van der Waals surface area contributed by atoms with Crippen molar-refractivity contribution in [3.8, 4) is 11.5 Å². The molecule has 3 atom stereocenters. The van der Waals surface area contributed by atoms with Gasteiger partial charge in [-0.2, -0.15) is 0 Å². The highest BCUT2D eigenvalue weighted by molar-refractivity contribution is 5.83. The third kappa shape index (κ3) is 4.25. The predicted molar refractivity (Wildman–Crippen MR) is 135 cm³/mol. The zero-order valence-electron chi connectivity index (χ0n) is 19.4. The fourth-order valence-corrected chi connectivity index (χ4v) is 5.00. The predicted octanol–water partition coefficient (Wildman–Crippen LogP) is 6.98. The summed E-state index contributed by atoms with van der Waals surface area (Å²) in [6.07, 6.45) is 7.70. The normalized spacial score (nSPS) is 20.9. The van der Waals surface area contributed by atoms with E-state index in [2.05, 4.69) is 71.8 Å². The third-order valence-corrected chi connectivity index (χ3v) is 6.62. The fraction of sp³-hybridized carbons (Fsp3) is 0.276. The molecule has 33 heavy (non-hydrogen) atoms. The number of hydrogen-bond donors (Lipinski definition) is 1. The molecule has 3 aromatic carbocycles. The van der Waals surface area contributed by atoms with Crippen molar-refractivity contribution in [3.63, 3.8) is 0 Å². The summed E-state index contributed by atoms with van der Waals surface area (Å²) in [4.78, 5) is 4.68. The lowest BCUT2D eigenvalue weighted by molar-refractivity contribution is 0.311. The van der Waals surface area contributed by atoms with Crippen LogP contribution in [-0.4, -0.2) is 19.9 Å². The number of benzene rings is 3. The highest BCUT2D eigenvalue weighted by Crippen LogP contribution is 2.50.